The Hall–Kier alpha value is -3.13. The largest absolute Gasteiger partial charge is 0.382 e. The molecule has 2 atom stereocenters. The first kappa shape index (κ1) is 26.5. The molecule has 0 amide bonds. The number of fused-ring (bicyclic) bond motifs is 1. The van der Waals surface area contributed by atoms with Crippen molar-refractivity contribution >= 4 is 38.5 Å². The summed E-state index contributed by atoms with van der Waals surface area (Å²) >= 11 is 5.90. The Kier molecular flexibility index (Phi) is 7.11. The normalized spacial score (nSPS) is 16.8. The molecular weight excluding hydrogens is 532 g/mol. The molecule has 0 spiro atoms. The lowest BCUT2D eigenvalue weighted by Gasteiger charge is -2.43. The molecule has 1 aromatic carbocycles. The monoisotopic (exact) mass is 560 g/mol. The van der Waals surface area contributed by atoms with Crippen molar-refractivity contribution in [3.05, 3.63) is 47.6 Å². The number of nitrogens with one attached hydrogen (secondary N) is 1. The number of methoxy groups -OCH3 is 2. The summed E-state index contributed by atoms with van der Waals surface area (Å²) < 4.78 is 44.7. The zero-order valence-corrected chi connectivity index (χ0v) is 23.1. The van der Waals surface area contributed by atoms with E-state index in [9.17, 15) is 8.42 Å². The van der Waals surface area contributed by atoms with Crippen molar-refractivity contribution in [1.29, 1.82) is 0 Å². The molecule has 38 heavy (non-hydrogen) atoms. The lowest BCUT2D eigenvalue weighted by atomic mass is 9.76. The number of halogens is 1. The first-order valence-corrected chi connectivity index (χ1v) is 14.0. The zero-order valence-electron chi connectivity index (χ0n) is 21.5. The smallest absolute Gasteiger partial charge is 0.240 e. The van der Waals surface area contributed by atoms with Crippen LogP contribution in [0.4, 0.5) is 5.95 Å². The van der Waals surface area contributed by atoms with Crippen molar-refractivity contribution < 1.29 is 17.9 Å². The van der Waals surface area contributed by atoms with E-state index in [2.05, 4.69) is 30.0 Å². The van der Waals surface area contributed by atoms with Gasteiger partial charge in [-0.25, -0.2) is 18.4 Å². The molecule has 12 nitrogen and oxygen atoms in total. The SMILES string of the molecule is COCC1(n2c(NS(=O)(=O)[C@@H](C)[C@H](OC)c3ncc(Cl)cn3)nnc2-c2cccc3nn(C)cc23)CCC1. The number of nitrogens with zero attached hydrogens (tertiary/aromatic N) is 7. The topological polar surface area (TPSA) is 139 Å². The molecule has 0 radical (unpaired) electrons. The van der Waals surface area contributed by atoms with Crippen molar-refractivity contribution in [3.63, 3.8) is 0 Å². The number of anilines is 1. The van der Waals surface area contributed by atoms with Crippen LogP contribution in [0.2, 0.25) is 5.02 Å². The van der Waals surface area contributed by atoms with Gasteiger partial charge in [-0.1, -0.05) is 23.7 Å². The van der Waals surface area contributed by atoms with Gasteiger partial charge in [0, 0.05) is 50.8 Å². The third-order valence-corrected chi connectivity index (χ3v) is 8.93. The number of aromatic nitrogens is 7. The second kappa shape index (κ2) is 10.2. The van der Waals surface area contributed by atoms with E-state index in [0.29, 0.717) is 17.5 Å². The van der Waals surface area contributed by atoms with Crippen LogP contribution in [-0.4, -0.2) is 69.0 Å². The molecule has 1 N–H and O–H groups in total. The number of hydrogen-bond donors (Lipinski definition) is 1. The second-order valence-electron chi connectivity index (χ2n) is 9.50. The van der Waals surface area contributed by atoms with Crippen LogP contribution in [0.5, 0.6) is 0 Å². The summed E-state index contributed by atoms with van der Waals surface area (Å²) in [5, 5.41) is 13.5. The molecule has 0 unspecified atom stereocenters. The van der Waals surface area contributed by atoms with Crippen LogP contribution in [0, 0.1) is 0 Å². The fourth-order valence-corrected chi connectivity index (χ4v) is 6.20. The van der Waals surface area contributed by atoms with E-state index in [4.69, 9.17) is 21.1 Å². The zero-order chi connectivity index (χ0) is 27.1. The van der Waals surface area contributed by atoms with Gasteiger partial charge in [-0.05, 0) is 32.3 Å². The van der Waals surface area contributed by atoms with Crippen molar-refractivity contribution in [2.24, 2.45) is 7.05 Å². The highest BCUT2D eigenvalue weighted by molar-refractivity contribution is 7.93. The van der Waals surface area contributed by atoms with E-state index in [1.807, 2.05) is 36.0 Å². The van der Waals surface area contributed by atoms with Crippen LogP contribution >= 0.6 is 11.6 Å². The van der Waals surface area contributed by atoms with Gasteiger partial charge in [-0.2, -0.15) is 5.10 Å². The highest BCUT2D eigenvalue weighted by atomic mass is 35.5. The van der Waals surface area contributed by atoms with Gasteiger partial charge in [-0.3, -0.25) is 14.0 Å². The van der Waals surface area contributed by atoms with Gasteiger partial charge >= 0.3 is 0 Å². The number of aryl methyl sites for hydroxylation is 1. The highest BCUT2D eigenvalue weighted by Gasteiger charge is 2.44. The van der Waals surface area contributed by atoms with Gasteiger partial charge in [0.1, 0.15) is 11.4 Å². The van der Waals surface area contributed by atoms with Crippen molar-refractivity contribution in [3.8, 4) is 11.4 Å². The summed E-state index contributed by atoms with van der Waals surface area (Å²) in [6, 6.07) is 5.75. The predicted octanol–water partition coefficient (Wildman–Crippen LogP) is 3.32. The number of ether oxygens (including phenoxy) is 2. The minimum absolute atomic E-state index is 0.108. The molecule has 0 saturated heterocycles. The summed E-state index contributed by atoms with van der Waals surface area (Å²) in [4.78, 5) is 8.30. The molecule has 0 bridgehead atoms. The molecule has 14 heteroatoms. The summed E-state index contributed by atoms with van der Waals surface area (Å²) in [7, 11) is 0.852. The van der Waals surface area contributed by atoms with E-state index >= 15 is 0 Å². The van der Waals surface area contributed by atoms with Crippen LogP contribution in [0.15, 0.2) is 36.8 Å². The third-order valence-electron chi connectivity index (χ3n) is 7.04. The quantitative estimate of drug-likeness (QED) is 0.309. The first-order valence-electron chi connectivity index (χ1n) is 12.1. The van der Waals surface area contributed by atoms with Crippen LogP contribution in [0.1, 0.15) is 38.1 Å². The van der Waals surface area contributed by atoms with E-state index in [1.54, 1.807) is 11.8 Å². The Morgan fingerprint density at radius 3 is 2.55 bits per heavy atom. The maximum absolute atomic E-state index is 13.6. The molecule has 1 aliphatic carbocycles. The van der Waals surface area contributed by atoms with Crippen LogP contribution in [0.25, 0.3) is 22.3 Å². The summed E-state index contributed by atoms with van der Waals surface area (Å²) in [5.41, 5.74) is 1.10. The van der Waals surface area contributed by atoms with Gasteiger partial charge in [0.2, 0.25) is 16.0 Å². The van der Waals surface area contributed by atoms with Crippen molar-refractivity contribution in [1.82, 2.24) is 34.5 Å². The van der Waals surface area contributed by atoms with Crippen LogP contribution in [0.3, 0.4) is 0 Å². The molecule has 3 heterocycles. The molecule has 5 rings (SSSR count). The molecular formula is C24H29ClN8O4S. The number of benzene rings is 1. The van der Waals surface area contributed by atoms with E-state index in [-0.39, 0.29) is 11.8 Å². The first-order chi connectivity index (χ1) is 18.2. The van der Waals surface area contributed by atoms with E-state index in [0.717, 1.165) is 35.7 Å². The molecule has 4 aromatic rings. The number of rotatable bonds is 10. The van der Waals surface area contributed by atoms with Gasteiger partial charge in [-0.15, -0.1) is 10.2 Å². The van der Waals surface area contributed by atoms with Gasteiger partial charge in [0.15, 0.2) is 11.6 Å². The molecule has 3 aromatic heterocycles. The molecule has 202 valence electrons. The van der Waals surface area contributed by atoms with Gasteiger partial charge < -0.3 is 9.47 Å². The minimum atomic E-state index is -4.04. The average Bonchev–Trinajstić information content (AvgIpc) is 3.45. The fraction of sp³-hybridized carbons (Fsp3) is 0.458. The lowest BCUT2D eigenvalue weighted by molar-refractivity contribution is 0.0299. The van der Waals surface area contributed by atoms with Crippen LogP contribution < -0.4 is 4.72 Å². The highest BCUT2D eigenvalue weighted by Crippen LogP contribution is 2.45. The summed E-state index contributed by atoms with van der Waals surface area (Å²) in [6.45, 7) is 1.91. The van der Waals surface area contributed by atoms with E-state index in [1.165, 1.54) is 26.4 Å². The van der Waals surface area contributed by atoms with Gasteiger partial charge in [0.05, 0.1) is 22.7 Å². The molecule has 1 fully saturated rings. The number of sulfonamides is 1. The fourth-order valence-electron chi connectivity index (χ4n) is 4.98. The summed E-state index contributed by atoms with van der Waals surface area (Å²) in [6.07, 6.45) is 6.32. The average molecular weight is 561 g/mol. The van der Waals surface area contributed by atoms with E-state index < -0.39 is 26.9 Å². The number of hydrogen-bond acceptors (Lipinski definition) is 9. The maximum Gasteiger partial charge on any atom is 0.240 e. The lowest BCUT2D eigenvalue weighted by Crippen LogP contribution is -2.46. The van der Waals surface area contributed by atoms with Crippen molar-refractivity contribution in [2.75, 3.05) is 25.5 Å². The Morgan fingerprint density at radius 1 is 1.18 bits per heavy atom. The Bertz CT molecular complexity index is 1550. The van der Waals surface area contributed by atoms with Crippen molar-refractivity contribution in [2.45, 2.75) is 43.1 Å². The maximum atomic E-state index is 13.6. The molecule has 0 aliphatic heterocycles. The van der Waals surface area contributed by atoms with Gasteiger partial charge in [0.25, 0.3) is 0 Å². The Balaban J connectivity index is 1.58. The Morgan fingerprint density at radius 2 is 1.92 bits per heavy atom. The third kappa shape index (κ3) is 4.64. The second-order valence-corrected chi connectivity index (χ2v) is 12.0. The van der Waals surface area contributed by atoms with Crippen LogP contribution in [-0.2, 0) is 32.1 Å². The molecule has 1 saturated carbocycles. The predicted molar refractivity (Wildman–Crippen MR) is 142 cm³/mol. The standard InChI is InChI=1S/C24H29ClN8O4S/c1-15(20(37-4)21-26-11-16(25)12-27-21)38(34,35)31-23-29-28-22(33(23)24(14-36-3)9-6-10-24)17-7-5-8-19-18(17)13-32(2)30-19/h5,7-8,11-13,15,20H,6,9-10,14H2,1-4H3,(H,29,31)/t15-,20-/m0/s1. The molecule has 1 aliphatic rings. The Labute approximate surface area is 225 Å². The summed E-state index contributed by atoms with van der Waals surface area (Å²) in [5.74, 6) is 0.849. The minimum Gasteiger partial charge on any atom is -0.382 e.